The summed E-state index contributed by atoms with van der Waals surface area (Å²) in [5, 5.41) is 2.79. The van der Waals surface area contributed by atoms with Gasteiger partial charge in [0.1, 0.15) is 11.4 Å². The molecule has 0 aliphatic carbocycles. The number of furan rings is 1. The molecule has 1 aliphatic rings. The number of amides is 2. The summed E-state index contributed by atoms with van der Waals surface area (Å²) in [6, 6.07) is 8.89. The van der Waals surface area contributed by atoms with Crippen molar-refractivity contribution < 1.29 is 14.0 Å². The molecule has 2 amide bonds. The van der Waals surface area contributed by atoms with E-state index in [4.69, 9.17) is 4.42 Å². The van der Waals surface area contributed by atoms with E-state index >= 15 is 0 Å². The van der Waals surface area contributed by atoms with Crippen molar-refractivity contribution in [1.29, 1.82) is 0 Å². The molecular formula is C20H24N2O3S. The molecule has 5 nitrogen and oxygen atoms in total. The lowest BCUT2D eigenvalue weighted by atomic mass is 10.1. The third-order valence-corrected chi connectivity index (χ3v) is 5.99. The number of benzene rings is 1. The molecule has 1 aromatic carbocycles. The number of nitrogens with zero attached hydrogens (tertiary/aromatic N) is 1. The van der Waals surface area contributed by atoms with Gasteiger partial charge in [-0.05, 0) is 38.5 Å². The van der Waals surface area contributed by atoms with Gasteiger partial charge < -0.3 is 14.6 Å². The van der Waals surface area contributed by atoms with E-state index < -0.39 is 6.04 Å². The molecule has 6 heteroatoms. The standard InChI is InChI=1S/C20H24N2O3S/c1-4-14(3)21-18(23)17-12-26-20(16-9-10-25-11-16)22(17)19(24)15-7-5-13(2)6-8-15/h5-11,14,17,20H,4,12H2,1-3H3,(H,21,23). The minimum Gasteiger partial charge on any atom is -0.472 e. The van der Waals surface area contributed by atoms with Crippen molar-refractivity contribution >= 4 is 23.6 Å². The summed E-state index contributed by atoms with van der Waals surface area (Å²) in [6.45, 7) is 5.98. The maximum Gasteiger partial charge on any atom is 0.255 e. The fourth-order valence-electron chi connectivity index (χ4n) is 2.92. The van der Waals surface area contributed by atoms with E-state index in [1.165, 1.54) is 0 Å². The highest BCUT2D eigenvalue weighted by Crippen LogP contribution is 2.42. The Balaban J connectivity index is 1.90. The summed E-state index contributed by atoms with van der Waals surface area (Å²) in [5.74, 6) is 0.333. The van der Waals surface area contributed by atoms with Crippen LogP contribution < -0.4 is 5.32 Å². The summed E-state index contributed by atoms with van der Waals surface area (Å²) < 4.78 is 5.20. The van der Waals surface area contributed by atoms with Gasteiger partial charge in [0.05, 0.1) is 12.5 Å². The number of nitrogens with one attached hydrogen (secondary N) is 1. The van der Waals surface area contributed by atoms with Crippen molar-refractivity contribution in [3.8, 4) is 0 Å². The van der Waals surface area contributed by atoms with Crippen molar-refractivity contribution in [3.05, 3.63) is 59.5 Å². The number of carbonyl (C=O) groups excluding carboxylic acids is 2. The van der Waals surface area contributed by atoms with E-state index in [-0.39, 0.29) is 23.2 Å². The molecule has 0 spiro atoms. The van der Waals surface area contributed by atoms with Crippen LogP contribution >= 0.6 is 11.8 Å². The summed E-state index contributed by atoms with van der Waals surface area (Å²) in [4.78, 5) is 27.7. The van der Waals surface area contributed by atoms with Gasteiger partial charge in [-0.25, -0.2) is 0 Å². The number of hydrogen-bond acceptors (Lipinski definition) is 4. The molecule has 3 rings (SSSR count). The van der Waals surface area contributed by atoms with E-state index in [0.717, 1.165) is 17.5 Å². The Morgan fingerprint density at radius 1 is 1.31 bits per heavy atom. The summed E-state index contributed by atoms with van der Waals surface area (Å²) >= 11 is 1.59. The molecule has 2 heterocycles. The van der Waals surface area contributed by atoms with Crippen molar-refractivity contribution in [2.75, 3.05) is 5.75 Å². The zero-order valence-corrected chi connectivity index (χ0v) is 16.1. The zero-order chi connectivity index (χ0) is 18.7. The molecule has 26 heavy (non-hydrogen) atoms. The number of carbonyl (C=O) groups is 2. The van der Waals surface area contributed by atoms with Gasteiger partial charge in [0.2, 0.25) is 5.91 Å². The molecular weight excluding hydrogens is 348 g/mol. The minimum absolute atomic E-state index is 0.0804. The lowest BCUT2D eigenvalue weighted by Crippen LogP contribution is -2.49. The lowest BCUT2D eigenvalue weighted by molar-refractivity contribution is -0.125. The Bertz CT molecular complexity index is 758. The van der Waals surface area contributed by atoms with Crippen molar-refractivity contribution in [2.24, 2.45) is 0 Å². The molecule has 138 valence electrons. The van der Waals surface area contributed by atoms with Gasteiger partial charge in [-0.3, -0.25) is 9.59 Å². The number of aryl methyl sites for hydroxylation is 1. The van der Waals surface area contributed by atoms with Crippen molar-refractivity contribution in [1.82, 2.24) is 10.2 Å². The Morgan fingerprint density at radius 3 is 2.65 bits per heavy atom. The third kappa shape index (κ3) is 3.80. The van der Waals surface area contributed by atoms with Crippen LogP contribution in [-0.4, -0.2) is 34.6 Å². The van der Waals surface area contributed by atoms with Crippen molar-refractivity contribution in [3.63, 3.8) is 0 Å². The van der Waals surface area contributed by atoms with E-state index in [9.17, 15) is 9.59 Å². The van der Waals surface area contributed by atoms with Crippen LogP contribution in [-0.2, 0) is 4.79 Å². The SMILES string of the molecule is CCC(C)NC(=O)C1CSC(c2ccoc2)N1C(=O)c1ccc(C)cc1. The summed E-state index contributed by atoms with van der Waals surface area (Å²) in [5.41, 5.74) is 2.58. The van der Waals surface area contributed by atoms with Crippen LogP contribution in [0.3, 0.4) is 0 Å². The molecule has 1 aliphatic heterocycles. The first-order valence-corrected chi connectivity index (χ1v) is 9.89. The Labute approximate surface area is 158 Å². The van der Waals surface area contributed by atoms with Crippen LogP contribution in [0.1, 0.15) is 47.1 Å². The summed E-state index contributed by atoms with van der Waals surface area (Å²) in [6.07, 6.45) is 4.09. The first-order chi connectivity index (χ1) is 12.5. The van der Waals surface area contributed by atoms with Gasteiger partial charge in [0.15, 0.2) is 0 Å². The van der Waals surface area contributed by atoms with Gasteiger partial charge in [-0.15, -0.1) is 11.8 Å². The molecule has 3 atom stereocenters. The van der Waals surface area contributed by atoms with Gasteiger partial charge in [-0.2, -0.15) is 0 Å². The van der Waals surface area contributed by atoms with Gasteiger partial charge in [0, 0.05) is 22.9 Å². The largest absolute Gasteiger partial charge is 0.472 e. The summed E-state index contributed by atoms with van der Waals surface area (Å²) in [7, 11) is 0. The Kier molecular flexibility index (Phi) is 5.71. The Morgan fingerprint density at radius 2 is 2.04 bits per heavy atom. The molecule has 1 N–H and O–H groups in total. The van der Waals surface area contributed by atoms with E-state index in [0.29, 0.717) is 11.3 Å². The first-order valence-electron chi connectivity index (χ1n) is 8.84. The fraction of sp³-hybridized carbons (Fsp3) is 0.400. The molecule has 1 saturated heterocycles. The van der Waals surface area contributed by atoms with Crippen LogP contribution in [0.25, 0.3) is 0 Å². The van der Waals surface area contributed by atoms with Gasteiger partial charge in [0.25, 0.3) is 5.91 Å². The number of hydrogen-bond donors (Lipinski definition) is 1. The van der Waals surface area contributed by atoms with Crippen LogP contribution in [0.4, 0.5) is 0 Å². The fourth-order valence-corrected chi connectivity index (χ4v) is 4.32. The lowest BCUT2D eigenvalue weighted by Gasteiger charge is -2.29. The molecule has 0 radical (unpaired) electrons. The number of rotatable bonds is 5. The second kappa shape index (κ2) is 7.99. The maximum absolute atomic E-state index is 13.2. The Hall–Kier alpha value is -2.21. The molecule has 1 aromatic heterocycles. The smallest absolute Gasteiger partial charge is 0.255 e. The van der Waals surface area contributed by atoms with Crippen LogP contribution in [0.15, 0.2) is 47.3 Å². The molecule has 0 bridgehead atoms. The highest BCUT2D eigenvalue weighted by atomic mass is 32.2. The second-order valence-corrected chi connectivity index (χ2v) is 7.77. The number of thioether (sulfide) groups is 1. The average Bonchev–Trinajstić information content (AvgIpc) is 3.30. The quantitative estimate of drug-likeness (QED) is 0.868. The second-order valence-electron chi connectivity index (χ2n) is 6.65. The predicted molar refractivity (Wildman–Crippen MR) is 103 cm³/mol. The highest BCUT2D eigenvalue weighted by molar-refractivity contribution is 7.99. The molecule has 3 unspecified atom stereocenters. The predicted octanol–water partition coefficient (Wildman–Crippen LogP) is 3.76. The van der Waals surface area contributed by atoms with Gasteiger partial charge >= 0.3 is 0 Å². The van der Waals surface area contributed by atoms with Gasteiger partial charge in [-0.1, -0.05) is 24.6 Å². The van der Waals surface area contributed by atoms with Crippen LogP contribution in [0, 0.1) is 6.92 Å². The van der Waals surface area contributed by atoms with E-state index in [2.05, 4.69) is 5.32 Å². The highest BCUT2D eigenvalue weighted by Gasteiger charge is 2.43. The van der Waals surface area contributed by atoms with E-state index in [1.54, 1.807) is 29.2 Å². The monoisotopic (exact) mass is 372 g/mol. The third-order valence-electron chi connectivity index (χ3n) is 4.67. The van der Waals surface area contributed by atoms with E-state index in [1.807, 2.05) is 51.1 Å². The zero-order valence-electron chi connectivity index (χ0n) is 15.3. The average molecular weight is 372 g/mol. The first kappa shape index (κ1) is 18.6. The topological polar surface area (TPSA) is 62.6 Å². The molecule has 2 aromatic rings. The maximum atomic E-state index is 13.2. The molecule has 1 fully saturated rings. The van der Waals surface area contributed by atoms with Crippen molar-refractivity contribution in [2.45, 2.75) is 44.6 Å². The molecule has 0 saturated carbocycles. The minimum atomic E-state index is -0.497. The normalized spacial score (nSPS) is 20.8. The van der Waals surface area contributed by atoms with Crippen LogP contribution in [0.5, 0.6) is 0 Å². The van der Waals surface area contributed by atoms with Crippen LogP contribution in [0.2, 0.25) is 0 Å².